The van der Waals surface area contributed by atoms with Gasteiger partial charge < -0.3 is 10.1 Å². The van der Waals surface area contributed by atoms with Crippen LogP contribution in [0, 0.1) is 0 Å². The quantitative estimate of drug-likeness (QED) is 0.763. The molecule has 26 heavy (non-hydrogen) atoms. The largest absolute Gasteiger partial charge is 0.379 e. The highest BCUT2D eigenvalue weighted by Crippen LogP contribution is 2.21. The summed E-state index contributed by atoms with van der Waals surface area (Å²) in [5.74, 6) is 0.791. The summed E-state index contributed by atoms with van der Waals surface area (Å²) in [5.41, 5.74) is 4.32. The van der Waals surface area contributed by atoms with Crippen molar-refractivity contribution in [2.45, 2.75) is 6.54 Å². The molecule has 132 valence electrons. The highest BCUT2D eigenvalue weighted by molar-refractivity contribution is 5.65. The number of anilines is 2. The van der Waals surface area contributed by atoms with Crippen LogP contribution in [0.1, 0.15) is 5.56 Å². The average molecular weight is 346 g/mol. The Kier molecular flexibility index (Phi) is 5.19. The van der Waals surface area contributed by atoms with Crippen LogP contribution in [0.4, 0.5) is 11.5 Å². The van der Waals surface area contributed by atoms with Crippen molar-refractivity contribution in [1.82, 2.24) is 14.9 Å². The Morgan fingerprint density at radius 2 is 1.69 bits per heavy atom. The van der Waals surface area contributed by atoms with E-state index in [2.05, 4.69) is 44.5 Å². The Bertz CT molecular complexity index is 830. The predicted molar refractivity (Wildman–Crippen MR) is 103 cm³/mol. The lowest BCUT2D eigenvalue weighted by Crippen LogP contribution is -2.35. The number of rotatable bonds is 5. The molecular weight excluding hydrogens is 324 g/mol. The Hall–Kier alpha value is -2.76. The van der Waals surface area contributed by atoms with E-state index in [1.165, 1.54) is 5.56 Å². The molecule has 0 radical (unpaired) electrons. The average Bonchev–Trinajstić information content (AvgIpc) is 2.71. The fourth-order valence-electron chi connectivity index (χ4n) is 3.05. The van der Waals surface area contributed by atoms with Gasteiger partial charge in [-0.3, -0.25) is 4.90 Å². The second-order valence-electron chi connectivity index (χ2n) is 6.36. The molecule has 0 amide bonds. The first-order chi connectivity index (χ1) is 12.9. The van der Waals surface area contributed by atoms with Crippen molar-refractivity contribution in [2.24, 2.45) is 0 Å². The summed E-state index contributed by atoms with van der Waals surface area (Å²) in [5, 5.41) is 3.36. The molecule has 5 nitrogen and oxygen atoms in total. The summed E-state index contributed by atoms with van der Waals surface area (Å²) >= 11 is 0. The number of nitrogens with zero attached hydrogens (tertiary/aromatic N) is 3. The summed E-state index contributed by atoms with van der Waals surface area (Å²) < 4.78 is 5.40. The van der Waals surface area contributed by atoms with Crippen LogP contribution in [0.5, 0.6) is 0 Å². The highest BCUT2D eigenvalue weighted by atomic mass is 16.5. The van der Waals surface area contributed by atoms with Crippen molar-refractivity contribution >= 4 is 11.5 Å². The molecule has 4 rings (SSSR count). The maximum absolute atomic E-state index is 5.40. The summed E-state index contributed by atoms with van der Waals surface area (Å²) in [6.07, 6.45) is 1.59. The third kappa shape index (κ3) is 4.25. The van der Waals surface area contributed by atoms with Gasteiger partial charge in [0, 0.05) is 37.0 Å². The topological polar surface area (TPSA) is 50.3 Å². The molecule has 1 aromatic heterocycles. The molecule has 2 aromatic carbocycles. The number of ether oxygens (including phenoxy) is 1. The van der Waals surface area contributed by atoms with Gasteiger partial charge in [-0.25, -0.2) is 9.97 Å². The fraction of sp³-hybridized carbons (Fsp3) is 0.238. The first-order valence-electron chi connectivity index (χ1n) is 8.90. The van der Waals surface area contributed by atoms with Gasteiger partial charge in [-0.05, 0) is 17.7 Å². The van der Waals surface area contributed by atoms with Crippen molar-refractivity contribution in [2.75, 3.05) is 31.6 Å². The molecule has 3 aromatic rings. The zero-order chi connectivity index (χ0) is 17.6. The van der Waals surface area contributed by atoms with Crippen molar-refractivity contribution in [3.8, 4) is 11.3 Å². The smallest absolute Gasteiger partial charge is 0.134 e. The molecule has 0 bridgehead atoms. The predicted octanol–water partition coefficient (Wildman–Crippen LogP) is 3.72. The first-order valence-corrected chi connectivity index (χ1v) is 8.90. The van der Waals surface area contributed by atoms with Crippen LogP contribution in [-0.2, 0) is 11.3 Å². The SMILES string of the molecule is c1ccc(-c2cc(Nc3ccc(CN4CCOCC4)cc3)ncn2)cc1. The van der Waals surface area contributed by atoms with Gasteiger partial charge in [0.15, 0.2) is 0 Å². The molecule has 1 aliphatic heterocycles. The van der Waals surface area contributed by atoms with E-state index in [9.17, 15) is 0 Å². The van der Waals surface area contributed by atoms with E-state index in [0.29, 0.717) is 0 Å². The first kappa shape index (κ1) is 16.7. The van der Waals surface area contributed by atoms with Crippen LogP contribution in [0.25, 0.3) is 11.3 Å². The van der Waals surface area contributed by atoms with Crippen LogP contribution in [-0.4, -0.2) is 41.2 Å². The number of hydrogen-bond acceptors (Lipinski definition) is 5. The molecule has 0 saturated carbocycles. The van der Waals surface area contributed by atoms with E-state index in [4.69, 9.17) is 4.74 Å². The maximum Gasteiger partial charge on any atom is 0.134 e. The Labute approximate surface area is 153 Å². The molecule has 0 atom stereocenters. The number of hydrogen-bond donors (Lipinski definition) is 1. The minimum atomic E-state index is 0.791. The van der Waals surface area contributed by atoms with E-state index < -0.39 is 0 Å². The normalized spacial score (nSPS) is 14.9. The minimum absolute atomic E-state index is 0.791. The summed E-state index contributed by atoms with van der Waals surface area (Å²) in [6.45, 7) is 4.63. The zero-order valence-electron chi connectivity index (χ0n) is 14.6. The molecule has 1 fully saturated rings. The van der Waals surface area contributed by atoms with Crippen molar-refractivity contribution < 1.29 is 4.74 Å². The van der Waals surface area contributed by atoms with Crippen LogP contribution in [0.3, 0.4) is 0 Å². The molecule has 2 heterocycles. The third-order valence-electron chi connectivity index (χ3n) is 4.47. The Morgan fingerprint density at radius 1 is 0.923 bits per heavy atom. The zero-order valence-corrected chi connectivity index (χ0v) is 14.6. The molecule has 0 spiro atoms. The molecule has 1 N–H and O–H groups in total. The Morgan fingerprint density at radius 3 is 2.46 bits per heavy atom. The Balaban J connectivity index is 1.42. The minimum Gasteiger partial charge on any atom is -0.379 e. The second kappa shape index (κ2) is 8.08. The lowest BCUT2D eigenvalue weighted by Gasteiger charge is -2.26. The lowest BCUT2D eigenvalue weighted by atomic mass is 10.1. The van der Waals surface area contributed by atoms with E-state index >= 15 is 0 Å². The molecule has 1 aliphatic rings. The molecule has 0 aliphatic carbocycles. The molecular formula is C21H22N4O. The van der Waals surface area contributed by atoms with Gasteiger partial charge in [-0.1, -0.05) is 42.5 Å². The third-order valence-corrected chi connectivity index (χ3v) is 4.47. The van der Waals surface area contributed by atoms with E-state index in [-0.39, 0.29) is 0 Å². The number of benzene rings is 2. The van der Waals surface area contributed by atoms with Crippen molar-refractivity contribution in [3.63, 3.8) is 0 Å². The van der Waals surface area contributed by atoms with Crippen LogP contribution < -0.4 is 5.32 Å². The highest BCUT2D eigenvalue weighted by Gasteiger charge is 2.10. The maximum atomic E-state index is 5.40. The van der Waals surface area contributed by atoms with Gasteiger partial charge >= 0.3 is 0 Å². The lowest BCUT2D eigenvalue weighted by molar-refractivity contribution is 0.0342. The van der Waals surface area contributed by atoms with Crippen molar-refractivity contribution in [1.29, 1.82) is 0 Å². The number of morpholine rings is 1. The summed E-state index contributed by atoms with van der Waals surface area (Å²) in [4.78, 5) is 11.1. The van der Waals surface area contributed by atoms with Gasteiger partial charge in [0.1, 0.15) is 12.1 Å². The summed E-state index contributed by atoms with van der Waals surface area (Å²) in [6, 6.07) is 20.6. The second-order valence-corrected chi connectivity index (χ2v) is 6.36. The standard InChI is InChI=1S/C21H22N4O/c1-2-4-18(5-3-1)20-14-21(23-16-22-20)24-19-8-6-17(7-9-19)15-25-10-12-26-13-11-25/h1-9,14,16H,10-13,15H2,(H,22,23,24). The van der Waals surface area contributed by atoms with Gasteiger partial charge in [0.05, 0.1) is 18.9 Å². The fourth-order valence-corrected chi connectivity index (χ4v) is 3.05. The number of aromatic nitrogens is 2. The monoisotopic (exact) mass is 346 g/mol. The van der Waals surface area contributed by atoms with Crippen LogP contribution in [0.15, 0.2) is 67.0 Å². The van der Waals surface area contributed by atoms with Crippen LogP contribution >= 0.6 is 0 Å². The van der Waals surface area contributed by atoms with E-state index in [1.807, 2.05) is 36.4 Å². The number of nitrogens with one attached hydrogen (secondary N) is 1. The molecule has 0 unspecified atom stereocenters. The van der Waals surface area contributed by atoms with Gasteiger partial charge in [-0.2, -0.15) is 0 Å². The molecule has 5 heteroatoms. The van der Waals surface area contributed by atoms with Crippen LogP contribution in [0.2, 0.25) is 0 Å². The summed E-state index contributed by atoms with van der Waals surface area (Å²) in [7, 11) is 0. The van der Waals surface area contributed by atoms with Gasteiger partial charge in [0.2, 0.25) is 0 Å². The van der Waals surface area contributed by atoms with E-state index in [0.717, 1.165) is 55.6 Å². The van der Waals surface area contributed by atoms with Crippen molar-refractivity contribution in [3.05, 3.63) is 72.6 Å². The molecule has 1 saturated heterocycles. The van der Waals surface area contributed by atoms with E-state index in [1.54, 1.807) is 6.33 Å². The van der Waals surface area contributed by atoms with Gasteiger partial charge in [-0.15, -0.1) is 0 Å². The van der Waals surface area contributed by atoms with Gasteiger partial charge in [0.25, 0.3) is 0 Å².